The van der Waals surface area contributed by atoms with Crippen LogP contribution < -0.4 is 0 Å². The summed E-state index contributed by atoms with van der Waals surface area (Å²) in [7, 11) is -7.05. The van der Waals surface area contributed by atoms with E-state index in [1.165, 1.54) is 4.31 Å². The van der Waals surface area contributed by atoms with Gasteiger partial charge in [0.15, 0.2) is 0 Å². The number of hydrogen-bond acceptors (Lipinski definition) is 5. The molecule has 1 fully saturated rings. The molecule has 0 unspecified atom stereocenters. The van der Waals surface area contributed by atoms with Crippen LogP contribution in [0.15, 0.2) is 29.2 Å². The fourth-order valence-electron chi connectivity index (χ4n) is 1.94. The zero-order valence-electron chi connectivity index (χ0n) is 12.5. The summed E-state index contributed by atoms with van der Waals surface area (Å²) in [4.78, 5) is 0.333. The summed E-state index contributed by atoms with van der Waals surface area (Å²) in [6.45, 7) is 2.72. The predicted molar refractivity (Wildman–Crippen MR) is 82.7 cm³/mol. The van der Waals surface area contributed by atoms with E-state index in [9.17, 15) is 21.9 Å². The molecule has 0 radical (unpaired) electrons. The molecule has 0 spiro atoms. The standard InChI is InChI=1S/C12H17NO3S.CH4O3S/c1-10-2-4-12(5-3-10)17(15,16)13-8-6-11(14)7-9-13;1-5(2,3)4/h2-5,11,14H,6-9H2,1H3;1H3,(H,2,3,4). The lowest BCUT2D eigenvalue weighted by molar-refractivity contribution is 0.113. The van der Waals surface area contributed by atoms with E-state index in [1.807, 2.05) is 6.92 Å². The maximum absolute atomic E-state index is 12.2. The quantitative estimate of drug-likeness (QED) is 0.757. The minimum Gasteiger partial charge on any atom is -0.393 e. The molecular weight excluding hydrogens is 330 g/mol. The highest BCUT2D eigenvalue weighted by molar-refractivity contribution is 7.89. The van der Waals surface area contributed by atoms with Gasteiger partial charge in [0.2, 0.25) is 10.0 Å². The first-order valence-corrected chi connectivity index (χ1v) is 9.96. The first kappa shape index (κ1) is 19.0. The third kappa shape index (κ3) is 6.41. The van der Waals surface area contributed by atoms with E-state index in [0.717, 1.165) is 5.56 Å². The average Bonchev–Trinajstić information content (AvgIpc) is 2.38. The van der Waals surface area contributed by atoms with Gasteiger partial charge in [0, 0.05) is 13.1 Å². The second-order valence-electron chi connectivity index (χ2n) is 5.18. The van der Waals surface area contributed by atoms with Crippen molar-refractivity contribution in [3.63, 3.8) is 0 Å². The first-order chi connectivity index (χ1) is 10.00. The maximum atomic E-state index is 12.2. The van der Waals surface area contributed by atoms with Gasteiger partial charge in [0.1, 0.15) is 0 Å². The van der Waals surface area contributed by atoms with Crippen LogP contribution in [0.25, 0.3) is 0 Å². The van der Waals surface area contributed by atoms with E-state index in [0.29, 0.717) is 37.1 Å². The topological polar surface area (TPSA) is 112 Å². The third-order valence-corrected chi connectivity index (χ3v) is 5.00. The van der Waals surface area contributed by atoms with Gasteiger partial charge < -0.3 is 5.11 Å². The van der Waals surface area contributed by atoms with E-state index in [-0.39, 0.29) is 6.10 Å². The lowest BCUT2D eigenvalue weighted by Crippen LogP contribution is -2.39. The predicted octanol–water partition coefficient (Wildman–Crippen LogP) is 0.644. The second-order valence-corrected chi connectivity index (χ2v) is 8.59. The Labute approximate surface area is 131 Å². The molecule has 0 bridgehead atoms. The van der Waals surface area contributed by atoms with Crippen LogP contribution in [0.1, 0.15) is 18.4 Å². The number of aryl methyl sites for hydroxylation is 1. The van der Waals surface area contributed by atoms with Crippen LogP contribution in [-0.2, 0) is 20.1 Å². The average molecular weight is 351 g/mol. The summed E-state index contributed by atoms with van der Waals surface area (Å²) >= 11 is 0. The number of aliphatic hydroxyl groups is 1. The number of aliphatic hydroxyl groups excluding tert-OH is 1. The van der Waals surface area contributed by atoms with Gasteiger partial charge in [0.25, 0.3) is 10.1 Å². The molecule has 1 aliphatic heterocycles. The van der Waals surface area contributed by atoms with Crippen LogP contribution in [0.3, 0.4) is 0 Å². The van der Waals surface area contributed by atoms with E-state index in [2.05, 4.69) is 0 Å². The molecule has 22 heavy (non-hydrogen) atoms. The Hall–Kier alpha value is -1.00. The summed E-state index contributed by atoms with van der Waals surface area (Å²) in [5, 5.41) is 9.38. The Morgan fingerprint density at radius 2 is 1.45 bits per heavy atom. The van der Waals surface area contributed by atoms with Crippen LogP contribution in [0.2, 0.25) is 0 Å². The van der Waals surface area contributed by atoms with Crippen LogP contribution in [-0.4, -0.2) is 56.2 Å². The van der Waals surface area contributed by atoms with Crippen molar-refractivity contribution in [3.05, 3.63) is 29.8 Å². The SMILES string of the molecule is CS(=O)(=O)O.Cc1ccc(S(=O)(=O)N2CCC(O)CC2)cc1. The van der Waals surface area contributed by atoms with Gasteiger partial charge in [-0.1, -0.05) is 17.7 Å². The molecule has 126 valence electrons. The Morgan fingerprint density at radius 1 is 1.05 bits per heavy atom. The highest BCUT2D eigenvalue weighted by Gasteiger charge is 2.28. The molecule has 0 aliphatic carbocycles. The maximum Gasteiger partial charge on any atom is 0.261 e. The molecule has 0 saturated carbocycles. The van der Waals surface area contributed by atoms with Crippen molar-refractivity contribution in [2.24, 2.45) is 0 Å². The van der Waals surface area contributed by atoms with Crippen LogP contribution >= 0.6 is 0 Å². The van der Waals surface area contributed by atoms with Crippen LogP contribution in [0.5, 0.6) is 0 Å². The third-order valence-electron chi connectivity index (χ3n) is 3.08. The van der Waals surface area contributed by atoms with Crippen LogP contribution in [0.4, 0.5) is 0 Å². The lowest BCUT2D eigenvalue weighted by Gasteiger charge is -2.28. The summed E-state index contributed by atoms with van der Waals surface area (Å²) in [5.74, 6) is 0. The number of hydrogen-bond donors (Lipinski definition) is 2. The highest BCUT2D eigenvalue weighted by Crippen LogP contribution is 2.20. The van der Waals surface area contributed by atoms with Gasteiger partial charge in [-0.3, -0.25) is 4.55 Å². The molecule has 7 nitrogen and oxygen atoms in total. The molecule has 2 N–H and O–H groups in total. The molecule has 2 rings (SSSR count). The summed E-state index contributed by atoms with van der Waals surface area (Å²) in [5.41, 5.74) is 1.04. The zero-order chi connectivity index (χ0) is 17.0. The lowest BCUT2D eigenvalue weighted by atomic mass is 10.1. The molecule has 1 aromatic rings. The number of sulfonamides is 1. The van der Waals surface area contributed by atoms with Crippen molar-refractivity contribution in [2.75, 3.05) is 19.3 Å². The molecule has 0 atom stereocenters. The Kier molecular flexibility index (Phi) is 6.50. The molecule has 1 aliphatic rings. The number of benzene rings is 1. The largest absolute Gasteiger partial charge is 0.393 e. The molecule has 1 saturated heterocycles. The first-order valence-electron chi connectivity index (χ1n) is 6.67. The zero-order valence-corrected chi connectivity index (χ0v) is 14.1. The monoisotopic (exact) mass is 351 g/mol. The van der Waals surface area contributed by atoms with Crippen molar-refractivity contribution in [1.82, 2.24) is 4.31 Å². The van der Waals surface area contributed by atoms with Crippen molar-refractivity contribution in [3.8, 4) is 0 Å². The van der Waals surface area contributed by atoms with Crippen molar-refractivity contribution >= 4 is 20.1 Å². The van der Waals surface area contributed by atoms with E-state index in [4.69, 9.17) is 4.55 Å². The summed E-state index contributed by atoms with van der Waals surface area (Å²) in [6, 6.07) is 6.86. The van der Waals surface area contributed by atoms with Gasteiger partial charge in [0.05, 0.1) is 17.3 Å². The van der Waals surface area contributed by atoms with Gasteiger partial charge >= 0.3 is 0 Å². The van der Waals surface area contributed by atoms with Crippen LogP contribution in [0, 0.1) is 6.92 Å². The smallest absolute Gasteiger partial charge is 0.261 e. The van der Waals surface area contributed by atoms with Gasteiger partial charge in [-0.2, -0.15) is 12.7 Å². The molecule has 9 heteroatoms. The number of piperidine rings is 1. The van der Waals surface area contributed by atoms with Gasteiger partial charge in [-0.15, -0.1) is 0 Å². The number of nitrogens with zero attached hydrogens (tertiary/aromatic N) is 1. The van der Waals surface area contributed by atoms with Crippen molar-refractivity contribution in [1.29, 1.82) is 0 Å². The Balaban J connectivity index is 0.000000422. The highest BCUT2D eigenvalue weighted by atomic mass is 32.2. The minimum atomic E-state index is -3.67. The minimum absolute atomic E-state index is 0.333. The molecule has 0 aromatic heterocycles. The second kappa shape index (κ2) is 7.51. The summed E-state index contributed by atoms with van der Waals surface area (Å²) < 4.78 is 51.8. The Morgan fingerprint density at radius 3 is 1.86 bits per heavy atom. The molecular formula is C13H21NO6S2. The van der Waals surface area contributed by atoms with Crippen molar-refractivity contribution in [2.45, 2.75) is 30.8 Å². The molecule has 1 heterocycles. The van der Waals surface area contributed by atoms with Gasteiger partial charge in [-0.25, -0.2) is 8.42 Å². The Bertz CT molecular complexity index is 666. The summed E-state index contributed by atoms with van der Waals surface area (Å²) in [6.07, 6.45) is 1.39. The van der Waals surface area contributed by atoms with Gasteiger partial charge in [-0.05, 0) is 31.9 Å². The van der Waals surface area contributed by atoms with E-state index < -0.39 is 20.1 Å². The van der Waals surface area contributed by atoms with E-state index >= 15 is 0 Å². The fraction of sp³-hybridized carbons (Fsp3) is 0.538. The van der Waals surface area contributed by atoms with Crippen molar-refractivity contribution < 1.29 is 26.5 Å². The number of rotatable bonds is 2. The molecule has 1 aromatic carbocycles. The fourth-order valence-corrected chi connectivity index (χ4v) is 3.41. The normalized spacial score (nSPS) is 17.6. The molecule has 0 amide bonds. The van der Waals surface area contributed by atoms with E-state index in [1.54, 1.807) is 24.3 Å².